The number of anilines is 1. The van der Waals surface area contributed by atoms with Crippen molar-refractivity contribution in [2.45, 2.75) is 50.5 Å². The van der Waals surface area contributed by atoms with Crippen LogP contribution in [-0.4, -0.2) is 43.1 Å². The lowest BCUT2D eigenvalue weighted by atomic mass is 9.85. The van der Waals surface area contributed by atoms with Crippen molar-refractivity contribution in [3.05, 3.63) is 36.4 Å². The number of sulfonamides is 1. The molecule has 0 radical (unpaired) electrons. The Morgan fingerprint density at radius 3 is 2.27 bits per heavy atom. The van der Waals surface area contributed by atoms with Crippen molar-refractivity contribution in [2.24, 2.45) is 11.8 Å². The van der Waals surface area contributed by atoms with Crippen molar-refractivity contribution in [1.82, 2.24) is 9.62 Å². The number of nitrogens with one attached hydrogen (secondary N) is 2. The molecule has 162 valence electrons. The molecule has 2 unspecified atom stereocenters. The maximum Gasteiger partial charge on any atom is 0.241 e. The fourth-order valence-corrected chi connectivity index (χ4v) is 5.19. The molecule has 0 aromatic heterocycles. The van der Waals surface area contributed by atoms with Gasteiger partial charge in [-0.2, -0.15) is 0 Å². The molecule has 2 aliphatic rings. The standard InChI is InChI=1S/C21H27N3O5S/c1-21(2,3)23-30(28,29)15-8-6-7-14(13-15)22-18(25)11-12-24-19(26)16-9-4-5-10-17(16)20(24)27/h4-8,13,16-17,23H,9-12H2,1-3H3,(H,22,25). The molecule has 0 spiro atoms. The maximum atomic E-state index is 12.5. The van der Waals surface area contributed by atoms with Gasteiger partial charge in [-0.25, -0.2) is 13.1 Å². The van der Waals surface area contributed by atoms with Gasteiger partial charge >= 0.3 is 0 Å². The van der Waals surface area contributed by atoms with Gasteiger partial charge in [0.15, 0.2) is 0 Å². The van der Waals surface area contributed by atoms with E-state index in [1.807, 2.05) is 12.2 Å². The molecule has 0 bridgehead atoms. The normalized spacial score (nSPS) is 21.6. The molecule has 3 amide bonds. The number of hydrogen-bond acceptors (Lipinski definition) is 5. The lowest BCUT2D eigenvalue weighted by Gasteiger charge is -2.20. The SMILES string of the molecule is CC(C)(C)NS(=O)(=O)c1cccc(NC(=O)CCN2C(=O)C3CC=CCC3C2=O)c1. The Labute approximate surface area is 176 Å². The zero-order chi connectivity index (χ0) is 22.1. The van der Waals surface area contributed by atoms with E-state index in [1.54, 1.807) is 26.8 Å². The van der Waals surface area contributed by atoms with Crippen molar-refractivity contribution in [2.75, 3.05) is 11.9 Å². The third kappa shape index (κ3) is 4.96. The largest absolute Gasteiger partial charge is 0.326 e. The summed E-state index contributed by atoms with van der Waals surface area (Å²) in [6.45, 7) is 5.23. The fourth-order valence-electron chi connectivity index (χ4n) is 3.73. The lowest BCUT2D eigenvalue weighted by Crippen LogP contribution is -2.40. The van der Waals surface area contributed by atoms with E-state index < -0.39 is 21.5 Å². The van der Waals surface area contributed by atoms with Crippen LogP contribution in [0.1, 0.15) is 40.0 Å². The topological polar surface area (TPSA) is 113 Å². The first-order valence-corrected chi connectivity index (χ1v) is 11.4. The molecule has 2 N–H and O–H groups in total. The Bertz CT molecular complexity index is 968. The van der Waals surface area contributed by atoms with Gasteiger partial charge in [0.25, 0.3) is 0 Å². The van der Waals surface area contributed by atoms with Gasteiger partial charge in [0, 0.05) is 24.2 Å². The predicted molar refractivity (Wildman–Crippen MR) is 112 cm³/mol. The van der Waals surface area contributed by atoms with Crippen LogP contribution in [0.15, 0.2) is 41.3 Å². The first-order chi connectivity index (χ1) is 14.0. The summed E-state index contributed by atoms with van der Waals surface area (Å²) in [4.78, 5) is 38.5. The second-order valence-electron chi connectivity index (χ2n) is 8.67. The Kier molecular flexibility index (Phi) is 6.14. The second kappa shape index (κ2) is 8.31. The molecular formula is C21H27N3O5S. The molecule has 1 aliphatic heterocycles. The number of nitrogens with zero attached hydrogens (tertiary/aromatic N) is 1. The average molecular weight is 434 g/mol. The summed E-state index contributed by atoms with van der Waals surface area (Å²) < 4.78 is 27.5. The number of carbonyl (C=O) groups is 3. The quantitative estimate of drug-likeness (QED) is 0.527. The van der Waals surface area contributed by atoms with Crippen LogP contribution >= 0.6 is 0 Å². The number of carbonyl (C=O) groups excluding carboxylic acids is 3. The fraction of sp³-hybridized carbons (Fsp3) is 0.476. The van der Waals surface area contributed by atoms with Crippen molar-refractivity contribution < 1.29 is 22.8 Å². The smallest absolute Gasteiger partial charge is 0.241 e. The number of fused-ring (bicyclic) bond motifs is 1. The van der Waals surface area contributed by atoms with E-state index in [-0.39, 0.29) is 41.5 Å². The Morgan fingerprint density at radius 1 is 1.10 bits per heavy atom. The number of rotatable bonds is 6. The van der Waals surface area contributed by atoms with E-state index in [9.17, 15) is 22.8 Å². The number of hydrogen-bond donors (Lipinski definition) is 2. The Morgan fingerprint density at radius 2 is 1.70 bits per heavy atom. The first-order valence-electron chi connectivity index (χ1n) is 9.92. The van der Waals surface area contributed by atoms with Gasteiger partial charge < -0.3 is 5.32 Å². The number of amides is 3. The van der Waals surface area contributed by atoms with E-state index in [1.165, 1.54) is 23.1 Å². The van der Waals surface area contributed by atoms with E-state index in [0.29, 0.717) is 18.5 Å². The Balaban J connectivity index is 1.61. The molecule has 1 fully saturated rings. The van der Waals surface area contributed by atoms with Crippen LogP contribution in [0.4, 0.5) is 5.69 Å². The third-order valence-electron chi connectivity index (χ3n) is 5.03. The van der Waals surface area contributed by atoms with Gasteiger partial charge in [-0.1, -0.05) is 18.2 Å². The molecule has 8 nitrogen and oxygen atoms in total. The van der Waals surface area contributed by atoms with Crippen LogP contribution in [-0.2, 0) is 24.4 Å². The molecular weight excluding hydrogens is 406 g/mol. The monoisotopic (exact) mass is 433 g/mol. The van der Waals surface area contributed by atoms with E-state index in [4.69, 9.17) is 0 Å². The Hall–Kier alpha value is -2.52. The molecule has 1 aliphatic carbocycles. The van der Waals surface area contributed by atoms with Crippen LogP contribution < -0.4 is 10.0 Å². The number of likely N-dealkylation sites (tertiary alicyclic amines) is 1. The summed E-state index contributed by atoms with van der Waals surface area (Å²) in [5.74, 6) is -1.47. The molecule has 1 aromatic carbocycles. The molecule has 0 saturated carbocycles. The molecule has 30 heavy (non-hydrogen) atoms. The third-order valence-corrected chi connectivity index (χ3v) is 6.79. The van der Waals surface area contributed by atoms with Gasteiger partial charge in [-0.05, 0) is 51.8 Å². The highest BCUT2D eigenvalue weighted by Crippen LogP contribution is 2.35. The number of imide groups is 1. The zero-order valence-electron chi connectivity index (χ0n) is 17.3. The minimum atomic E-state index is -3.73. The van der Waals surface area contributed by atoms with E-state index in [0.717, 1.165) is 0 Å². The molecule has 2 atom stereocenters. The van der Waals surface area contributed by atoms with Gasteiger partial charge in [0.1, 0.15) is 0 Å². The maximum absolute atomic E-state index is 12.5. The highest BCUT2D eigenvalue weighted by molar-refractivity contribution is 7.89. The van der Waals surface area contributed by atoms with Gasteiger partial charge in [0.2, 0.25) is 27.7 Å². The van der Waals surface area contributed by atoms with Crippen LogP contribution in [0.25, 0.3) is 0 Å². The van der Waals surface area contributed by atoms with Crippen LogP contribution in [0.3, 0.4) is 0 Å². The summed E-state index contributed by atoms with van der Waals surface area (Å²) in [7, 11) is -3.73. The summed E-state index contributed by atoms with van der Waals surface area (Å²) >= 11 is 0. The minimum absolute atomic E-state index is 0.0140. The van der Waals surface area contributed by atoms with E-state index in [2.05, 4.69) is 10.0 Å². The number of allylic oxidation sites excluding steroid dienone is 2. The lowest BCUT2D eigenvalue weighted by molar-refractivity contribution is -0.140. The molecule has 1 aromatic rings. The van der Waals surface area contributed by atoms with Crippen LogP contribution in [0, 0.1) is 11.8 Å². The summed E-state index contributed by atoms with van der Waals surface area (Å²) in [5, 5.41) is 2.64. The van der Waals surface area contributed by atoms with Crippen molar-refractivity contribution in [3.63, 3.8) is 0 Å². The molecule has 9 heteroatoms. The summed E-state index contributed by atoms with van der Waals surface area (Å²) in [5.41, 5.74) is -0.312. The predicted octanol–water partition coefficient (Wildman–Crippen LogP) is 2.04. The second-order valence-corrected chi connectivity index (χ2v) is 10.3. The van der Waals surface area contributed by atoms with Crippen LogP contribution in [0.5, 0.6) is 0 Å². The van der Waals surface area contributed by atoms with Gasteiger partial charge in [-0.3, -0.25) is 19.3 Å². The summed E-state index contributed by atoms with van der Waals surface area (Å²) in [6.07, 6.45) is 4.89. The first kappa shape index (κ1) is 22.2. The minimum Gasteiger partial charge on any atom is -0.326 e. The zero-order valence-corrected chi connectivity index (χ0v) is 18.2. The van der Waals surface area contributed by atoms with Gasteiger partial charge in [0.05, 0.1) is 16.7 Å². The highest BCUT2D eigenvalue weighted by atomic mass is 32.2. The van der Waals surface area contributed by atoms with E-state index >= 15 is 0 Å². The molecule has 1 saturated heterocycles. The van der Waals surface area contributed by atoms with Crippen molar-refractivity contribution in [1.29, 1.82) is 0 Å². The molecule has 3 rings (SSSR count). The van der Waals surface area contributed by atoms with Gasteiger partial charge in [-0.15, -0.1) is 0 Å². The highest BCUT2D eigenvalue weighted by Gasteiger charge is 2.46. The van der Waals surface area contributed by atoms with Crippen molar-refractivity contribution >= 4 is 33.4 Å². The number of benzene rings is 1. The summed E-state index contributed by atoms with van der Waals surface area (Å²) in [6, 6.07) is 5.94. The van der Waals surface area contributed by atoms with Crippen molar-refractivity contribution in [3.8, 4) is 0 Å². The average Bonchev–Trinajstić information content (AvgIpc) is 2.89. The molecule has 1 heterocycles. The van der Waals surface area contributed by atoms with Crippen LogP contribution in [0.2, 0.25) is 0 Å².